The zero-order chi connectivity index (χ0) is 14.5. The van der Waals surface area contributed by atoms with E-state index in [1.165, 1.54) is 5.56 Å². The molecule has 20 heavy (non-hydrogen) atoms. The highest BCUT2D eigenvalue weighted by atomic mass is 35.5. The maximum absolute atomic E-state index is 6.14. The summed E-state index contributed by atoms with van der Waals surface area (Å²) in [4.78, 5) is 0. The van der Waals surface area contributed by atoms with Gasteiger partial charge in [0, 0.05) is 12.2 Å². The van der Waals surface area contributed by atoms with E-state index in [2.05, 4.69) is 24.4 Å². The number of hydrogen-bond donors (Lipinski definition) is 1. The van der Waals surface area contributed by atoms with E-state index in [1.807, 2.05) is 24.3 Å². The van der Waals surface area contributed by atoms with Crippen LogP contribution in [0.4, 0.5) is 5.69 Å². The van der Waals surface area contributed by atoms with Crippen molar-refractivity contribution in [3.8, 4) is 5.75 Å². The summed E-state index contributed by atoms with van der Waals surface area (Å²) in [7, 11) is 1.56. The second-order valence-corrected chi connectivity index (χ2v) is 5.27. The first-order chi connectivity index (χ1) is 9.65. The zero-order valence-corrected chi connectivity index (χ0v) is 13.1. The zero-order valence-electron chi connectivity index (χ0n) is 11.5. The summed E-state index contributed by atoms with van der Waals surface area (Å²) in [5.74, 6) is 0.519. The van der Waals surface area contributed by atoms with Gasteiger partial charge in [-0.25, -0.2) is 0 Å². The third-order valence-electron chi connectivity index (χ3n) is 3.14. The van der Waals surface area contributed by atoms with E-state index in [9.17, 15) is 0 Å². The lowest BCUT2D eigenvalue weighted by Gasteiger charge is -2.12. The molecular formula is C16H17Cl2NO. The van der Waals surface area contributed by atoms with Gasteiger partial charge in [-0.2, -0.15) is 0 Å². The minimum absolute atomic E-state index is 0.519. The summed E-state index contributed by atoms with van der Waals surface area (Å²) in [6.45, 7) is 2.81. The first-order valence-corrected chi connectivity index (χ1v) is 7.25. The maximum Gasteiger partial charge on any atom is 0.156 e. The number of para-hydroxylation sites is 1. The first-order valence-electron chi connectivity index (χ1n) is 6.49. The Balaban J connectivity index is 2.15. The summed E-state index contributed by atoms with van der Waals surface area (Å²) >= 11 is 12.3. The predicted molar refractivity (Wildman–Crippen MR) is 86.2 cm³/mol. The number of anilines is 1. The van der Waals surface area contributed by atoms with E-state index in [1.54, 1.807) is 7.11 Å². The molecule has 0 aliphatic heterocycles. The van der Waals surface area contributed by atoms with Crippen molar-refractivity contribution < 1.29 is 4.74 Å². The third-order valence-corrected chi connectivity index (χ3v) is 3.70. The summed E-state index contributed by atoms with van der Waals surface area (Å²) in [6.07, 6.45) is 0.993. The summed E-state index contributed by atoms with van der Waals surface area (Å²) in [6, 6.07) is 12.0. The van der Waals surface area contributed by atoms with E-state index < -0.39 is 0 Å². The third kappa shape index (κ3) is 3.38. The van der Waals surface area contributed by atoms with Crippen LogP contribution in [0.15, 0.2) is 36.4 Å². The molecule has 2 nitrogen and oxygen atoms in total. The average Bonchev–Trinajstić information content (AvgIpc) is 2.45. The number of aryl methyl sites for hydroxylation is 1. The lowest BCUT2D eigenvalue weighted by atomic mass is 10.1. The Labute approximate surface area is 129 Å². The Hall–Kier alpha value is -1.38. The SMILES string of the molecule is CCc1ccccc1NCc1cc(Cl)c(OC)c(Cl)c1. The molecule has 0 saturated heterocycles. The molecule has 0 atom stereocenters. The van der Waals surface area contributed by atoms with Crippen molar-refractivity contribution in [2.45, 2.75) is 19.9 Å². The van der Waals surface area contributed by atoms with Gasteiger partial charge in [0.15, 0.2) is 5.75 Å². The van der Waals surface area contributed by atoms with Gasteiger partial charge in [-0.05, 0) is 35.7 Å². The van der Waals surface area contributed by atoms with Crippen LogP contribution in [0, 0.1) is 0 Å². The molecule has 0 aliphatic rings. The molecule has 0 radical (unpaired) electrons. The van der Waals surface area contributed by atoms with Crippen molar-refractivity contribution in [2.75, 3.05) is 12.4 Å². The Kier molecular flexibility index (Phi) is 5.16. The van der Waals surface area contributed by atoms with Crippen LogP contribution in [0.3, 0.4) is 0 Å². The Morgan fingerprint density at radius 3 is 2.35 bits per heavy atom. The van der Waals surface area contributed by atoms with E-state index in [0.29, 0.717) is 22.3 Å². The molecule has 0 aromatic heterocycles. The van der Waals surface area contributed by atoms with E-state index in [-0.39, 0.29) is 0 Å². The quantitative estimate of drug-likeness (QED) is 0.822. The number of hydrogen-bond acceptors (Lipinski definition) is 2. The van der Waals surface area contributed by atoms with Crippen LogP contribution in [-0.2, 0) is 13.0 Å². The molecule has 0 heterocycles. The molecule has 2 aromatic rings. The molecule has 1 N–H and O–H groups in total. The van der Waals surface area contributed by atoms with Crippen molar-refractivity contribution >= 4 is 28.9 Å². The molecule has 2 aromatic carbocycles. The molecule has 4 heteroatoms. The molecule has 0 amide bonds. The normalized spacial score (nSPS) is 10.4. The van der Waals surface area contributed by atoms with Crippen LogP contribution in [0.1, 0.15) is 18.1 Å². The Morgan fingerprint density at radius 2 is 1.75 bits per heavy atom. The second-order valence-electron chi connectivity index (χ2n) is 4.46. The first kappa shape index (κ1) is 15.0. The number of methoxy groups -OCH3 is 1. The largest absolute Gasteiger partial charge is 0.494 e. The molecule has 0 unspecified atom stereocenters. The fraction of sp³-hybridized carbons (Fsp3) is 0.250. The van der Waals surface area contributed by atoms with Gasteiger partial charge in [0.05, 0.1) is 17.2 Å². The highest BCUT2D eigenvalue weighted by Gasteiger charge is 2.08. The number of halogens is 2. The number of benzene rings is 2. The Morgan fingerprint density at radius 1 is 1.10 bits per heavy atom. The summed E-state index contributed by atoms with van der Waals surface area (Å²) in [5.41, 5.74) is 3.45. The fourth-order valence-corrected chi connectivity index (χ4v) is 2.79. The highest BCUT2D eigenvalue weighted by molar-refractivity contribution is 6.37. The lowest BCUT2D eigenvalue weighted by Crippen LogP contribution is -2.02. The smallest absolute Gasteiger partial charge is 0.156 e. The molecular weight excluding hydrogens is 293 g/mol. The van der Waals surface area contributed by atoms with Gasteiger partial charge in [-0.15, -0.1) is 0 Å². The van der Waals surface area contributed by atoms with Crippen molar-refractivity contribution in [1.82, 2.24) is 0 Å². The topological polar surface area (TPSA) is 21.3 Å². The molecule has 106 valence electrons. The molecule has 0 aliphatic carbocycles. The predicted octanol–water partition coefficient (Wildman–Crippen LogP) is 5.18. The van der Waals surface area contributed by atoms with Crippen molar-refractivity contribution in [3.05, 3.63) is 57.6 Å². The van der Waals surface area contributed by atoms with Crippen LogP contribution in [0.2, 0.25) is 10.0 Å². The van der Waals surface area contributed by atoms with Gasteiger partial charge in [0.25, 0.3) is 0 Å². The standard InChI is InChI=1S/C16H17Cl2NO/c1-3-12-6-4-5-7-15(12)19-10-11-8-13(17)16(20-2)14(18)9-11/h4-9,19H,3,10H2,1-2H3. The van der Waals surface area contributed by atoms with Gasteiger partial charge in [0.1, 0.15) is 0 Å². The van der Waals surface area contributed by atoms with E-state index in [4.69, 9.17) is 27.9 Å². The minimum Gasteiger partial charge on any atom is -0.494 e. The van der Waals surface area contributed by atoms with E-state index >= 15 is 0 Å². The molecule has 0 spiro atoms. The van der Waals surface area contributed by atoms with Gasteiger partial charge in [-0.3, -0.25) is 0 Å². The van der Waals surface area contributed by atoms with Crippen LogP contribution < -0.4 is 10.1 Å². The summed E-state index contributed by atoms with van der Waals surface area (Å²) in [5, 5.41) is 4.47. The molecule has 2 rings (SSSR count). The summed E-state index contributed by atoms with van der Waals surface area (Å²) < 4.78 is 5.15. The minimum atomic E-state index is 0.519. The second kappa shape index (κ2) is 6.87. The van der Waals surface area contributed by atoms with Gasteiger partial charge in [-0.1, -0.05) is 48.3 Å². The van der Waals surface area contributed by atoms with Crippen LogP contribution >= 0.6 is 23.2 Å². The van der Waals surface area contributed by atoms with Crippen molar-refractivity contribution in [1.29, 1.82) is 0 Å². The van der Waals surface area contributed by atoms with Crippen LogP contribution in [0.5, 0.6) is 5.75 Å². The number of rotatable bonds is 5. The van der Waals surface area contributed by atoms with Crippen molar-refractivity contribution in [2.24, 2.45) is 0 Å². The maximum atomic E-state index is 6.14. The van der Waals surface area contributed by atoms with E-state index in [0.717, 1.165) is 17.7 Å². The molecule has 0 fully saturated rings. The average molecular weight is 310 g/mol. The highest BCUT2D eigenvalue weighted by Crippen LogP contribution is 2.34. The monoisotopic (exact) mass is 309 g/mol. The Bertz CT molecular complexity index is 576. The molecule has 0 saturated carbocycles. The number of nitrogens with one attached hydrogen (secondary N) is 1. The van der Waals surface area contributed by atoms with Crippen LogP contribution in [0.25, 0.3) is 0 Å². The lowest BCUT2D eigenvalue weighted by molar-refractivity contribution is 0.415. The van der Waals surface area contributed by atoms with Gasteiger partial charge >= 0.3 is 0 Å². The van der Waals surface area contributed by atoms with Gasteiger partial charge in [0.2, 0.25) is 0 Å². The van der Waals surface area contributed by atoms with Crippen molar-refractivity contribution in [3.63, 3.8) is 0 Å². The van der Waals surface area contributed by atoms with Crippen LogP contribution in [-0.4, -0.2) is 7.11 Å². The van der Waals surface area contributed by atoms with Gasteiger partial charge < -0.3 is 10.1 Å². The molecule has 0 bridgehead atoms. The fourth-order valence-electron chi connectivity index (χ4n) is 2.11. The number of ether oxygens (including phenoxy) is 1.